The Hall–Kier alpha value is -3.72. The van der Waals surface area contributed by atoms with Gasteiger partial charge in [0.1, 0.15) is 11.8 Å². The molecule has 9 nitrogen and oxygen atoms in total. The summed E-state index contributed by atoms with van der Waals surface area (Å²) >= 11 is 0. The van der Waals surface area contributed by atoms with E-state index in [9.17, 15) is 9.90 Å². The number of rotatable bonds is 6. The molecular formula is C28H35N7O2. The van der Waals surface area contributed by atoms with Crippen LogP contribution in [0.15, 0.2) is 47.3 Å². The number of aromatic nitrogens is 5. The SMILES string of the molecule is CCC(C)(C)n1nnnc1[C@@H](c1cc2cc(C)cc(C)c2[nH]c1=O)N1CCN(c2ccc(O)cc2)CC1. The van der Waals surface area contributed by atoms with E-state index < -0.39 is 6.04 Å². The van der Waals surface area contributed by atoms with Crippen LogP contribution in [0.2, 0.25) is 0 Å². The number of tetrazole rings is 1. The number of phenols is 1. The van der Waals surface area contributed by atoms with Crippen LogP contribution in [0.3, 0.4) is 0 Å². The molecule has 0 saturated carbocycles. The van der Waals surface area contributed by atoms with Crippen molar-refractivity contribution in [3.05, 3.63) is 75.3 Å². The quantitative estimate of drug-likeness (QED) is 0.413. The lowest BCUT2D eigenvalue weighted by Gasteiger charge is -2.40. The summed E-state index contributed by atoms with van der Waals surface area (Å²) in [4.78, 5) is 21.4. The van der Waals surface area contributed by atoms with Gasteiger partial charge in [-0.3, -0.25) is 9.69 Å². The Balaban J connectivity index is 1.58. The summed E-state index contributed by atoms with van der Waals surface area (Å²) in [6, 6.07) is 13.1. The van der Waals surface area contributed by atoms with Gasteiger partial charge in [-0.05, 0) is 91.9 Å². The first-order valence-corrected chi connectivity index (χ1v) is 12.9. The number of nitrogens with one attached hydrogen (secondary N) is 1. The predicted molar refractivity (Wildman–Crippen MR) is 145 cm³/mol. The van der Waals surface area contributed by atoms with Crippen LogP contribution >= 0.6 is 0 Å². The number of hydrogen-bond acceptors (Lipinski definition) is 7. The van der Waals surface area contributed by atoms with Gasteiger partial charge < -0.3 is 15.0 Å². The molecule has 2 aromatic carbocycles. The van der Waals surface area contributed by atoms with E-state index in [1.807, 2.05) is 29.8 Å². The highest BCUT2D eigenvalue weighted by Gasteiger charge is 2.35. The molecule has 2 aromatic heterocycles. The van der Waals surface area contributed by atoms with E-state index in [1.165, 1.54) is 0 Å². The van der Waals surface area contributed by atoms with E-state index in [0.29, 0.717) is 11.4 Å². The van der Waals surface area contributed by atoms with Crippen molar-refractivity contribution >= 4 is 16.6 Å². The largest absolute Gasteiger partial charge is 0.508 e. The zero-order chi connectivity index (χ0) is 26.3. The number of H-pyrrole nitrogens is 1. The number of aryl methyl sites for hydroxylation is 2. The maximum atomic E-state index is 13.6. The predicted octanol–water partition coefficient (Wildman–Crippen LogP) is 3.89. The molecular weight excluding hydrogens is 466 g/mol. The van der Waals surface area contributed by atoms with Crippen LogP contribution in [0.25, 0.3) is 10.9 Å². The minimum Gasteiger partial charge on any atom is -0.508 e. The second kappa shape index (κ2) is 9.63. The molecule has 2 N–H and O–H groups in total. The standard InChI is InChI=1S/C28H35N7O2/c1-6-28(4,5)35-26(30-31-32-35)25(23-17-20-16-18(2)15-19(3)24(20)29-27(23)37)34-13-11-33(12-14-34)21-7-9-22(36)10-8-21/h7-10,15-17,25,36H,6,11-14H2,1-5H3,(H,29,37)/t25-/m1/s1. The van der Waals surface area contributed by atoms with Crippen LogP contribution in [0.5, 0.6) is 5.75 Å². The van der Waals surface area contributed by atoms with Crippen molar-refractivity contribution in [2.75, 3.05) is 31.1 Å². The van der Waals surface area contributed by atoms with Crippen LogP contribution < -0.4 is 10.5 Å². The van der Waals surface area contributed by atoms with Gasteiger partial charge in [0, 0.05) is 37.4 Å². The Morgan fingerprint density at radius 3 is 2.43 bits per heavy atom. The highest BCUT2D eigenvalue weighted by Crippen LogP contribution is 2.32. The second-order valence-electron chi connectivity index (χ2n) is 10.7. The van der Waals surface area contributed by atoms with E-state index >= 15 is 0 Å². The number of phenolic OH excluding ortho intramolecular Hbond substituents is 1. The van der Waals surface area contributed by atoms with Crippen LogP contribution in [0.1, 0.15) is 55.7 Å². The Bertz CT molecular complexity index is 1460. The molecule has 0 radical (unpaired) electrons. The lowest BCUT2D eigenvalue weighted by Crippen LogP contribution is -2.49. The normalized spacial score (nSPS) is 15.9. The van der Waals surface area contributed by atoms with Crippen LogP contribution in [-0.4, -0.2) is 61.4 Å². The summed E-state index contributed by atoms with van der Waals surface area (Å²) in [5, 5.41) is 23.6. The average Bonchev–Trinajstić information content (AvgIpc) is 3.36. The Labute approximate surface area is 216 Å². The molecule has 3 heterocycles. The zero-order valence-electron chi connectivity index (χ0n) is 22.2. The molecule has 0 amide bonds. The van der Waals surface area contributed by atoms with Crippen molar-refractivity contribution in [2.45, 2.75) is 52.6 Å². The number of anilines is 1. The first kappa shape index (κ1) is 25.0. The van der Waals surface area contributed by atoms with Gasteiger partial charge >= 0.3 is 0 Å². The Kier molecular flexibility index (Phi) is 6.49. The summed E-state index contributed by atoms with van der Waals surface area (Å²) in [5.41, 5.74) is 4.37. The molecule has 0 bridgehead atoms. The van der Waals surface area contributed by atoms with E-state index in [2.05, 4.69) is 70.1 Å². The molecule has 1 aliphatic rings. The van der Waals surface area contributed by atoms with Gasteiger partial charge in [-0.2, -0.15) is 0 Å². The summed E-state index contributed by atoms with van der Waals surface area (Å²) < 4.78 is 1.88. The Morgan fingerprint density at radius 1 is 1.05 bits per heavy atom. The fourth-order valence-corrected chi connectivity index (χ4v) is 5.25. The van der Waals surface area contributed by atoms with Gasteiger partial charge in [-0.25, -0.2) is 4.68 Å². The van der Waals surface area contributed by atoms with Gasteiger partial charge in [0.25, 0.3) is 5.56 Å². The number of aromatic amines is 1. The minimum absolute atomic E-state index is 0.116. The molecule has 37 heavy (non-hydrogen) atoms. The number of nitrogens with zero attached hydrogens (tertiary/aromatic N) is 6. The lowest BCUT2D eigenvalue weighted by molar-refractivity contribution is 0.186. The van der Waals surface area contributed by atoms with Crippen molar-refractivity contribution in [2.24, 2.45) is 0 Å². The van der Waals surface area contributed by atoms with Gasteiger partial charge in [0.15, 0.2) is 5.82 Å². The van der Waals surface area contributed by atoms with E-state index in [1.54, 1.807) is 12.1 Å². The summed E-state index contributed by atoms with van der Waals surface area (Å²) in [5.74, 6) is 0.938. The Morgan fingerprint density at radius 2 is 1.76 bits per heavy atom. The maximum Gasteiger partial charge on any atom is 0.253 e. The van der Waals surface area contributed by atoms with Crippen molar-refractivity contribution in [1.82, 2.24) is 30.1 Å². The zero-order valence-corrected chi connectivity index (χ0v) is 22.2. The number of hydrogen-bond donors (Lipinski definition) is 2. The molecule has 9 heteroatoms. The smallest absolute Gasteiger partial charge is 0.253 e. The number of benzene rings is 2. The minimum atomic E-state index is -0.392. The molecule has 0 aliphatic carbocycles. The van der Waals surface area contributed by atoms with Crippen molar-refractivity contribution in [1.29, 1.82) is 0 Å². The third-order valence-corrected chi connectivity index (χ3v) is 7.69. The molecule has 194 valence electrons. The first-order valence-electron chi connectivity index (χ1n) is 12.9. The monoisotopic (exact) mass is 501 g/mol. The third kappa shape index (κ3) is 4.71. The van der Waals surface area contributed by atoms with E-state index in [-0.39, 0.29) is 16.8 Å². The number of pyridine rings is 1. The summed E-state index contributed by atoms with van der Waals surface area (Å²) in [7, 11) is 0. The van der Waals surface area contributed by atoms with Crippen molar-refractivity contribution < 1.29 is 5.11 Å². The van der Waals surface area contributed by atoms with E-state index in [0.717, 1.165) is 60.3 Å². The topological polar surface area (TPSA) is 103 Å². The highest BCUT2D eigenvalue weighted by atomic mass is 16.3. The maximum absolute atomic E-state index is 13.6. The molecule has 1 aliphatic heterocycles. The molecule has 1 fully saturated rings. The highest BCUT2D eigenvalue weighted by molar-refractivity contribution is 5.83. The number of fused-ring (bicyclic) bond motifs is 1. The fraction of sp³-hybridized carbons (Fsp3) is 0.429. The third-order valence-electron chi connectivity index (χ3n) is 7.69. The molecule has 1 saturated heterocycles. The van der Waals surface area contributed by atoms with Crippen molar-refractivity contribution in [3.8, 4) is 5.75 Å². The average molecular weight is 502 g/mol. The summed E-state index contributed by atoms with van der Waals surface area (Å²) in [6.07, 6.45) is 0.846. The van der Waals surface area contributed by atoms with Gasteiger partial charge in [-0.15, -0.1) is 5.10 Å². The van der Waals surface area contributed by atoms with Gasteiger partial charge in [-0.1, -0.05) is 18.6 Å². The fourth-order valence-electron chi connectivity index (χ4n) is 5.25. The number of piperazine rings is 1. The van der Waals surface area contributed by atoms with Gasteiger partial charge in [0.2, 0.25) is 0 Å². The van der Waals surface area contributed by atoms with Crippen LogP contribution in [0.4, 0.5) is 5.69 Å². The molecule has 4 aromatic rings. The van der Waals surface area contributed by atoms with Crippen molar-refractivity contribution in [3.63, 3.8) is 0 Å². The molecule has 1 atom stereocenters. The first-order chi connectivity index (χ1) is 17.7. The summed E-state index contributed by atoms with van der Waals surface area (Å²) in [6.45, 7) is 13.5. The molecule has 5 rings (SSSR count). The second-order valence-corrected chi connectivity index (χ2v) is 10.7. The van der Waals surface area contributed by atoms with E-state index in [4.69, 9.17) is 0 Å². The van der Waals surface area contributed by atoms with Crippen LogP contribution in [0, 0.1) is 13.8 Å². The van der Waals surface area contributed by atoms with Gasteiger partial charge in [0.05, 0.1) is 11.1 Å². The molecule has 0 spiro atoms. The number of aromatic hydroxyl groups is 1. The molecule has 0 unspecified atom stereocenters. The van der Waals surface area contributed by atoms with Crippen LogP contribution in [-0.2, 0) is 5.54 Å². The lowest BCUT2D eigenvalue weighted by atomic mass is 9.98.